The fraction of sp³-hybridized carbons (Fsp3) is 0.200. The van der Waals surface area contributed by atoms with E-state index in [0.717, 1.165) is 24.4 Å². The van der Waals surface area contributed by atoms with Gasteiger partial charge in [-0.25, -0.2) is 4.39 Å². The van der Waals surface area contributed by atoms with Crippen LogP contribution in [0.1, 0.15) is 15.9 Å². The van der Waals surface area contributed by atoms with Crippen LogP contribution in [-0.2, 0) is 5.67 Å². The third kappa shape index (κ3) is 3.87. The highest BCUT2D eigenvalue weighted by Gasteiger charge is 2.74. The zero-order valence-electron chi connectivity index (χ0n) is 15.6. The van der Waals surface area contributed by atoms with Gasteiger partial charge >= 0.3 is 18.0 Å². The molecule has 0 unspecified atom stereocenters. The summed E-state index contributed by atoms with van der Waals surface area (Å²) in [5, 5.41) is 1.62. The maximum atomic E-state index is 14.6. The molecule has 1 aromatic heterocycles. The van der Waals surface area contributed by atoms with Crippen LogP contribution in [0.25, 0.3) is 10.9 Å². The summed E-state index contributed by atoms with van der Waals surface area (Å²) < 4.78 is 98.9. The minimum atomic E-state index is -6.28. The van der Waals surface area contributed by atoms with Gasteiger partial charge in [0, 0.05) is 22.7 Å². The Morgan fingerprint density at radius 3 is 2.23 bits per heavy atom. The molecule has 164 valence electrons. The van der Waals surface area contributed by atoms with Gasteiger partial charge in [-0.1, -0.05) is 18.2 Å². The van der Waals surface area contributed by atoms with Crippen LogP contribution in [-0.4, -0.2) is 30.4 Å². The van der Waals surface area contributed by atoms with Gasteiger partial charge in [-0.15, -0.1) is 0 Å². The van der Waals surface area contributed by atoms with Gasteiger partial charge in [0.2, 0.25) is 0 Å². The molecule has 11 heteroatoms. The number of amides is 1. The molecule has 0 saturated heterocycles. The average molecular weight is 446 g/mol. The lowest BCUT2D eigenvalue weighted by atomic mass is 9.90. The first-order valence-electron chi connectivity index (χ1n) is 8.56. The van der Waals surface area contributed by atoms with E-state index in [1.165, 1.54) is 25.3 Å². The number of benzene rings is 2. The van der Waals surface area contributed by atoms with E-state index in [-0.39, 0.29) is 11.3 Å². The summed E-state index contributed by atoms with van der Waals surface area (Å²) in [5.74, 6) is -0.375. The van der Waals surface area contributed by atoms with Gasteiger partial charge in [-0.3, -0.25) is 9.78 Å². The summed E-state index contributed by atoms with van der Waals surface area (Å²) in [6.07, 6.45) is -11.5. The van der Waals surface area contributed by atoms with Crippen molar-refractivity contribution in [3.8, 4) is 5.75 Å². The zero-order chi connectivity index (χ0) is 23.0. The lowest BCUT2D eigenvalue weighted by molar-refractivity contribution is -0.348. The molecule has 0 aliphatic carbocycles. The van der Waals surface area contributed by atoms with Gasteiger partial charge in [0.05, 0.1) is 18.3 Å². The molecule has 0 aliphatic heterocycles. The Kier molecular flexibility index (Phi) is 5.55. The molecule has 0 spiro atoms. The Balaban J connectivity index is 2.13. The lowest BCUT2D eigenvalue weighted by Gasteiger charge is -2.31. The molecule has 1 N–H and O–H groups in total. The van der Waals surface area contributed by atoms with E-state index >= 15 is 0 Å². The van der Waals surface area contributed by atoms with E-state index in [9.17, 15) is 35.5 Å². The fourth-order valence-electron chi connectivity index (χ4n) is 3.00. The Labute approximate surface area is 170 Å². The molecule has 0 aliphatic rings. The first-order chi connectivity index (χ1) is 14.4. The summed E-state index contributed by atoms with van der Waals surface area (Å²) >= 11 is 0. The molecular weight excluding hydrogens is 433 g/mol. The van der Waals surface area contributed by atoms with Crippen LogP contribution >= 0.6 is 0 Å². The van der Waals surface area contributed by atoms with Crippen molar-refractivity contribution in [2.75, 3.05) is 12.4 Å². The summed E-state index contributed by atoms with van der Waals surface area (Å²) in [6, 6.07) is 8.88. The number of nitrogens with one attached hydrogen (secondary N) is 1. The molecule has 0 saturated carbocycles. The second kappa shape index (κ2) is 7.71. The summed E-state index contributed by atoms with van der Waals surface area (Å²) in [5.41, 5.74) is -7.82. The van der Waals surface area contributed by atoms with Crippen LogP contribution in [0.15, 0.2) is 54.7 Å². The van der Waals surface area contributed by atoms with Gasteiger partial charge in [-0.2, -0.15) is 26.3 Å². The number of hydrogen-bond acceptors (Lipinski definition) is 3. The first kappa shape index (κ1) is 22.3. The minimum absolute atomic E-state index is 0.109. The number of aromatic nitrogens is 1. The smallest absolute Gasteiger partial charge is 0.435 e. The minimum Gasteiger partial charge on any atom is -0.497 e. The largest absolute Gasteiger partial charge is 0.497 e. The molecule has 0 radical (unpaired) electrons. The molecule has 0 bridgehead atoms. The number of pyridine rings is 1. The van der Waals surface area contributed by atoms with Crippen LogP contribution in [0.4, 0.5) is 36.4 Å². The highest BCUT2D eigenvalue weighted by molar-refractivity contribution is 6.09. The quantitative estimate of drug-likeness (QED) is 0.517. The fourth-order valence-corrected chi connectivity index (χ4v) is 3.00. The third-order valence-corrected chi connectivity index (χ3v) is 4.50. The van der Waals surface area contributed by atoms with E-state index in [1.54, 1.807) is 6.07 Å². The summed E-state index contributed by atoms with van der Waals surface area (Å²) in [4.78, 5) is 16.3. The number of ether oxygens (including phenoxy) is 1. The Bertz CT molecular complexity index is 1110. The van der Waals surface area contributed by atoms with Gasteiger partial charge in [0.25, 0.3) is 5.91 Å². The van der Waals surface area contributed by atoms with Crippen molar-refractivity contribution in [2.45, 2.75) is 18.0 Å². The van der Waals surface area contributed by atoms with E-state index in [1.807, 2.05) is 0 Å². The molecule has 3 rings (SSSR count). The molecule has 31 heavy (non-hydrogen) atoms. The maximum Gasteiger partial charge on any atom is 0.435 e. The number of nitrogens with zero attached hydrogens (tertiary/aromatic N) is 1. The second-order valence-corrected chi connectivity index (χ2v) is 6.40. The van der Waals surface area contributed by atoms with Crippen LogP contribution in [0.2, 0.25) is 0 Å². The van der Waals surface area contributed by atoms with Crippen molar-refractivity contribution < 1.29 is 40.3 Å². The molecule has 0 atom stereocenters. The maximum absolute atomic E-state index is 14.6. The van der Waals surface area contributed by atoms with Crippen LogP contribution in [0.3, 0.4) is 0 Å². The van der Waals surface area contributed by atoms with Crippen molar-refractivity contribution >= 4 is 22.5 Å². The van der Waals surface area contributed by atoms with Crippen LogP contribution < -0.4 is 10.1 Å². The summed E-state index contributed by atoms with van der Waals surface area (Å²) in [7, 11) is 1.37. The van der Waals surface area contributed by atoms with Crippen LogP contribution in [0.5, 0.6) is 5.75 Å². The molecule has 4 nitrogen and oxygen atoms in total. The Morgan fingerprint density at radius 1 is 0.935 bits per heavy atom. The molecule has 1 amide bonds. The second-order valence-electron chi connectivity index (χ2n) is 6.40. The third-order valence-electron chi connectivity index (χ3n) is 4.50. The molecular formula is C20H13F7N2O2. The first-order valence-corrected chi connectivity index (χ1v) is 8.56. The monoisotopic (exact) mass is 446 g/mol. The standard InChI is InChI=1S/C20H13F7N2O2/c1-31-12-5-2-4-11(10-12)17(30)29-15-8-7-14(13-6-3-9-28-16(13)15)18(21,19(22,23)24)20(25,26)27/h2-10H,1H3,(H,29,30). The Hall–Kier alpha value is -3.37. The van der Waals surface area contributed by atoms with Crippen LogP contribution in [0, 0.1) is 0 Å². The van der Waals surface area contributed by atoms with Crippen molar-refractivity contribution in [2.24, 2.45) is 0 Å². The average Bonchev–Trinajstić information content (AvgIpc) is 2.71. The SMILES string of the molecule is COc1cccc(C(=O)Nc2ccc(C(F)(C(F)(F)F)C(F)(F)F)c3cccnc23)c1. The number of methoxy groups -OCH3 is 1. The normalized spacial score (nSPS) is 12.6. The lowest BCUT2D eigenvalue weighted by Crippen LogP contribution is -2.50. The molecule has 2 aromatic carbocycles. The van der Waals surface area contributed by atoms with Gasteiger partial charge in [0.1, 0.15) is 5.75 Å². The number of fused-ring (bicyclic) bond motifs is 1. The highest BCUT2D eigenvalue weighted by atomic mass is 19.4. The number of alkyl halides is 7. The van der Waals surface area contributed by atoms with E-state index in [2.05, 4.69) is 10.3 Å². The number of carbonyl (C=O) groups excluding carboxylic acids is 1. The molecule has 1 heterocycles. The van der Waals surface area contributed by atoms with Crippen molar-refractivity contribution in [1.82, 2.24) is 4.98 Å². The number of halogens is 7. The van der Waals surface area contributed by atoms with Crippen molar-refractivity contribution in [3.05, 3.63) is 65.9 Å². The van der Waals surface area contributed by atoms with E-state index < -0.39 is 40.4 Å². The van der Waals surface area contributed by atoms with Gasteiger partial charge in [0.15, 0.2) is 0 Å². The van der Waals surface area contributed by atoms with Gasteiger partial charge in [-0.05, 0) is 30.3 Å². The predicted octanol–water partition coefficient (Wildman–Crippen LogP) is 5.79. The number of rotatable bonds is 4. The molecule has 3 aromatic rings. The highest BCUT2D eigenvalue weighted by Crippen LogP contribution is 2.54. The zero-order valence-corrected chi connectivity index (χ0v) is 15.6. The Morgan fingerprint density at radius 2 is 1.61 bits per heavy atom. The number of hydrogen-bond donors (Lipinski definition) is 1. The van der Waals surface area contributed by atoms with E-state index in [0.29, 0.717) is 11.8 Å². The van der Waals surface area contributed by atoms with Crippen molar-refractivity contribution in [1.29, 1.82) is 0 Å². The van der Waals surface area contributed by atoms with Gasteiger partial charge < -0.3 is 10.1 Å². The number of carbonyl (C=O) groups is 1. The predicted molar refractivity (Wildman–Crippen MR) is 97.6 cm³/mol. The summed E-state index contributed by atoms with van der Waals surface area (Å²) in [6.45, 7) is 0. The van der Waals surface area contributed by atoms with Crippen molar-refractivity contribution in [3.63, 3.8) is 0 Å². The van der Waals surface area contributed by atoms with E-state index in [4.69, 9.17) is 4.74 Å². The topological polar surface area (TPSA) is 51.2 Å². The molecule has 0 fully saturated rings. The number of anilines is 1.